The van der Waals surface area contributed by atoms with Crippen molar-refractivity contribution in [3.8, 4) is 0 Å². The Hall–Kier alpha value is -1.06. The summed E-state index contributed by atoms with van der Waals surface area (Å²) < 4.78 is 5.55. The maximum Gasteiger partial charge on any atom is 0.195 e. The number of hydrogen-bond acceptors (Lipinski definition) is 3. The van der Waals surface area contributed by atoms with Gasteiger partial charge in [-0.3, -0.25) is 0 Å². The molecule has 0 bridgehead atoms. The van der Waals surface area contributed by atoms with Crippen LogP contribution in [0, 0.1) is 0 Å². The maximum atomic E-state index is 5.85. The first-order chi connectivity index (χ1) is 7.15. The number of rotatable bonds is 3. The van der Waals surface area contributed by atoms with Gasteiger partial charge in [-0.25, -0.2) is 4.98 Å². The van der Waals surface area contributed by atoms with Crippen LogP contribution in [-0.4, -0.2) is 11.0 Å². The van der Waals surface area contributed by atoms with Crippen molar-refractivity contribution < 1.29 is 4.42 Å². The third kappa shape index (κ3) is 2.49. The summed E-state index contributed by atoms with van der Waals surface area (Å²) in [5.41, 5.74) is 7.25. The van der Waals surface area contributed by atoms with Crippen molar-refractivity contribution in [3.63, 3.8) is 0 Å². The standard InChI is InChI=1S/C11H13ClN2O/c1-7(13)2-5-11-14-9-4-3-8(12)6-10(9)15-11/h3-4,6-7H,2,5,13H2,1H3. The lowest BCUT2D eigenvalue weighted by Crippen LogP contribution is -2.15. The molecule has 0 saturated heterocycles. The van der Waals surface area contributed by atoms with Crippen LogP contribution in [0.2, 0.25) is 5.02 Å². The molecule has 1 heterocycles. The Bertz CT molecular complexity index is 465. The first-order valence-corrected chi connectivity index (χ1v) is 5.33. The average Bonchev–Trinajstić information content (AvgIpc) is 2.56. The van der Waals surface area contributed by atoms with Gasteiger partial charge in [-0.15, -0.1) is 0 Å². The normalized spacial score (nSPS) is 13.3. The fourth-order valence-corrected chi connectivity index (χ4v) is 1.57. The lowest BCUT2D eigenvalue weighted by Gasteiger charge is -1.99. The van der Waals surface area contributed by atoms with Crippen LogP contribution in [0.5, 0.6) is 0 Å². The minimum atomic E-state index is 0.170. The summed E-state index contributed by atoms with van der Waals surface area (Å²) in [7, 11) is 0. The van der Waals surface area contributed by atoms with Crippen molar-refractivity contribution in [1.82, 2.24) is 4.98 Å². The lowest BCUT2D eigenvalue weighted by atomic mass is 10.2. The molecule has 3 nitrogen and oxygen atoms in total. The second kappa shape index (κ2) is 4.21. The van der Waals surface area contributed by atoms with Crippen LogP contribution in [0.15, 0.2) is 22.6 Å². The zero-order valence-corrected chi connectivity index (χ0v) is 9.29. The van der Waals surface area contributed by atoms with E-state index >= 15 is 0 Å². The van der Waals surface area contributed by atoms with E-state index in [9.17, 15) is 0 Å². The van der Waals surface area contributed by atoms with E-state index in [2.05, 4.69) is 4.98 Å². The van der Waals surface area contributed by atoms with Crippen molar-refractivity contribution in [2.45, 2.75) is 25.8 Å². The summed E-state index contributed by atoms with van der Waals surface area (Å²) in [6, 6.07) is 5.61. The predicted molar refractivity (Wildman–Crippen MR) is 61.0 cm³/mol. The molecule has 0 saturated carbocycles. The summed E-state index contributed by atoms with van der Waals surface area (Å²) in [6.45, 7) is 1.97. The van der Waals surface area contributed by atoms with Gasteiger partial charge < -0.3 is 10.2 Å². The highest BCUT2D eigenvalue weighted by atomic mass is 35.5. The Labute approximate surface area is 93.2 Å². The topological polar surface area (TPSA) is 52.0 Å². The number of nitrogens with zero attached hydrogens (tertiary/aromatic N) is 1. The third-order valence-electron chi connectivity index (χ3n) is 2.21. The maximum absolute atomic E-state index is 5.85. The highest BCUT2D eigenvalue weighted by molar-refractivity contribution is 6.31. The first kappa shape index (κ1) is 10.5. The molecule has 1 aromatic carbocycles. The SMILES string of the molecule is CC(N)CCc1nc2ccc(Cl)cc2o1. The van der Waals surface area contributed by atoms with Crippen LogP contribution in [0.3, 0.4) is 0 Å². The van der Waals surface area contributed by atoms with Gasteiger partial charge in [0.15, 0.2) is 11.5 Å². The number of nitrogens with two attached hydrogens (primary N) is 1. The third-order valence-corrected chi connectivity index (χ3v) is 2.44. The van der Waals surface area contributed by atoms with E-state index < -0.39 is 0 Å². The number of fused-ring (bicyclic) bond motifs is 1. The number of aryl methyl sites for hydroxylation is 1. The van der Waals surface area contributed by atoms with Crippen molar-refractivity contribution in [2.24, 2.45) is 5.73 Å². The van der Waals surface area contributed by atoms with Crippen LogP contribution in [0.4, 0.5) is 0 Å². The smallest absolute Gasteiger partial charge is 0.195 e. The highest BCUT2D eigenvalue weighted by Gasteiger charge is 2.06. The van der Waals surface area contributed by atoms with Crippen LogP contribution >= 0.6 is 11.6 Å². The Morgan fingerprint density at radius 1 is 1.53 bits per heavy atom. The molecule has 1 atom stereocenters. The molecule has 80 valence electrons. The van der Waals surface area contributed by atoms with E-state index in [0.717, 1.165) is 29.8 Å². The van der Waals surface area contributed by atoms with E-state index in [1.807, 2.05) is 19.1 Å². The van der Waals surface area contributed by atoms with Crippen molar-refractivity contribution in [1.29, 1.82) is 0 Å². The van der Waals surface area contributed by atoms with Gasteiger partial charge >= 0.3 is 0 Å². The molecular formula is C11H13ClN2O. The molecule has 15 heavy (non-hydrogen) atoms. The van der Waals surface area contributed by atoms with E-state index in [1.165, 1.54) is 0 Å². The number of hydrogen-bond donors (Lipinski definition) is 1. The molecule has 1 unspecified atom stereocenters. The molecule has 0 spiro atoms. The molecule has 2 rings (SSSR count). The van der Waals surface area contributed by atoms with Gasteiger partial charge in [0, 0.05) is 23.6 Å². The predicted octanol–water partition coefficient (Wildman–Crippen LogP) is 2.76. The quantitative estimate of drug-likeness (QED) is 0.872. The fraction of sp³-hybridized carbons (Fsp3) is 0.364. The summed E-state index contributed by atoms with van der Waals surface area (Å²) in [5.74, 6) is 0.726. The molecule has 1 aromatic heterocycles. The van der Waals surface area contributed by atoms with Gasteiger partial charge in [-0.1, -0.05) is 11.6 Å². The number of aromatic nitrogens is 1. The van der Waals surface area contributed by atoms with Gasteiger partial charge in [0.05, 0.1) is 0 Å². The molecule has 2 N–H and O–H groups in total. The minimum absolute atomic E-state index is 0.170. The van der Waals surface area contributed by atoms with Crippen LogP contribution in [-0.2, 0) is 6.42 Å². The second-order valence-corrected chi connectivity index (χ2v) is 4.17. The Kier molecular flexibility index (Phi) is 2.93. The molecule has 0 aliphatic rings. The largest absolute Gasteiger partial charge is 0.441 e. The van der Waals surface area contributed by atoms with Crippen LogP contribution in [0.25, 0.3) is 11.1 Å². The van der Waals surface area contributed by atoms with E-state index in [4.69, 9.17) is 21.8 Å². The number of halogens is 1. The molecule has 2 aromatic rings. The first-order valence-electron chi connectivity index (χ1n) is 4.95. The molecule has 0 aliphatic heterocycles. The van der Waals surface area contributed by atoms with E-state index in [0.29, 0.717) is 5.02 Å². The lowest BCUT2D eigenvalue weighted by molar-refractivity contribution is 0.504. The van der Waals surface area contributed by atoms with Gasteiger partial charge in [0.1, 0.15) is 5.52 Å². The van der Waals surface area contributed by atoms with Gasteiger partial charge in [-0.05, 0) is 25.5 Å². The molecule has 4 heteroatoms. The highest BCUT2D eigenvalue weighted by Crippen LogP contribution is 2.20. The van der Waals surface area contributed by atoms with Gasteiger partial charge in [0.2, 0.25) is 0 Å². The van der Waals surface area contributed by atoms with Crippen molar-refractivity contribution in [2.75, 3.05) is 0 Å². The van der Waals surface area contributed by atoms with Crippen LogP contribution in [0.1, 0.15) is 19.2 Å². The minimum Gasteiger partial charge on any atom is -0.441 e. The summed E-state index contributed by atoms with van der Waals surface area (Å²) in [5, 5.41) is 0.664. The molecule has 0 fully saturated rings. The Morgan fingerprint density at radius 2 is 2.33 bits per heavy atom. The van der Waals surface area contributed by atoms with E-state index in [-0.39, 0.29) is 6.04 Å². The molecule has 0 amide bonds. The summed E-state index contributed by atoms with van der Waals surface area (Å²) >= 11 is 5.85. The average molecular weight is 225 g/mol. The van der Waals surface area contributed by atoms with Crippen molar-refractivity contribution in [3.05, 3.63) is 29.1 Å². The summed E-state index contributed by atoms with van der Waals surface area (Å²) in [4.78, 5) is 4.34. The monoisotopic (exact) mass is 224 g/mol. The van der Waals surface area contributed by atoms with E-state index in [1.54, 1.807) is 6.07 Å². The van der Waals surface area contributed by atoms with Gasteiger partial charge in [0.25, 0.3) is 0 Å². The molecular weight excluding hydrogens is 212 g/mol. The van der Waals surface area contributed by atoms with Gasteiger partial charge in [-0.2, -0.15) is 0 Å². The number of oxazole rings is 1. The molecule has 0 radical (unpaired) electrons. The fourth-order valence-electron chi connectivity index (χ4n) is 1.40. The second-order valence-electron chi connectivity index (χ2n) is 3.74. The Morgan fingerprint density at radius 3 is 3.07 bits per heavy atom. The zero-order valence-electron chi connectivity index (χ0n) is 8.53. The van der Waals surface area contributed by atoms with Crippen molar-refractivity contribution >= 4 is 22.7 Å². The summed E-state index contributed by atoms with van der Waals surface area (Å²) in [6.07, 6.45) is 1.64. The Balaban J connectivity index is 2.23. The van der Waals surface area contributed by atoms with Crippen LogP contribution < -0.4 is 5.73 Å². The number of benzene rings is 1. The zero-order chi connectivity index (χ0) is 10.8. The molecule has 0 aliphatic carbocycles.